The highest BCUT2D eigenvalue weighted by Gasteiger charge is 2.40. The number of likely N-dealkylation sites (tertiary alicyclic amines) is 1. The van der Waals surface area contributed by atoms with Gasteiger partial charge in [-0.3, -0.25) is 9.80 Å². The van der Waals surface area contributed by atoms with Crippen LogP contribution < -0.4 is 10.6 Å². The highest BCUT2D eigenvalue weighted by molar-refractivity contribution is 7.99. The summed E-state index contributed by atoms with van der Waals surface area (Å²) in [6, 6.07) is -0.193. The first kappa shape index (κ1) is 21.0. The topological polar surface area (TPSA) is 47.6 Å². The van der Waals surface area contributed by atoms with Crippen LogP contribution in [-0.2, 0) is 0 Å². The van der Waals surface area contributed by atoms with E-state index in [0.29, 0.717) is 32.6 Å². The lowest BCUT2D eigenvalue weighted by molar-refractivity contribution is -0.143. The molecule has 27 heavy (non-hydrogen) atoms. The highest BCUT2D eigenvalue weighted by Crippen LogP contribution is 2.36. The molecular weight excluding hydrogens is 377 g/mol. The lowest BCUT2D eigenvalue weighted by Crippen LogP contribution is -2.57. The van der Waals surface area contributed by atoms with Gasteiger partial charge in [0, 0.05) is 49.8 Å². The number of nitrogens with zero attached hydrogens (tertiary/aromatic N) is 2. The average molecular weight is 409 g/mol. The Balaban J connectivity index is 1.39. The summed E-state index contributed by atoms with van der Waals surface area (Å²) >= 11 is 1.99. The number of amides is 2. The van der Waals surface area contributed by atoms with Gasteiger partial charge in [0.2, 0.25) is 0 Å². The van der Waals surface area contributed by atoms with E-state index < -0.39 is 12.7 Å². The molecule has 3 rings (SSSR count). The molecule has 2 saturated heterocycles. The van der Waals surface area contributed by atoms with Gasteiger partial charge in [0.05, 0.1) is 6.54 Å². The summed E-state index contributed by atoms with van der Waals surface area (Å²) in [4.78, 5) is 16.2. The number of urea groups is 1. The van der Waals surface area contributed by atoms with E-state index in [1.807, 2.05) is 11.8 Å². The minimum absolute atomic E-state index is 0.0924. The summed E-state index contributed by atoms with van der Waals surface area (Å²) in [7, 11) is 0. The van der Waals surface area contributed by atoms with E-state index in [4.69, 9.17) is 0 Å². The van der Waals surface area contributed by atoms with E-state index in [-0.39, 0.29) is 17.5 Å². The number of thioether (sulfide) groups is 1. The predicted molar refractivity (Wildman–Crippen MR) is 102 cm³/mol. The van der Waals surface area contributed by atoms with Gasteiger partial charge < -0.3 is 10.6 Å². The third-order valence-electron chi connectivity index (χ3n) is 6.12. The summed E-state index contributed by atoms with van der Waals surface area (Å²) in [6.45, 7) is 3.27. The Morgan fingerprint density at radius 2 is 1.81 bits per heavy atom. The molecule has 3 fully saturated rings. The molecule has 156 valence electrons. The van der Waals surface area contributed by atoms with E-state index in [9.17, 15) is 18.0 Å². The molecular formula is C18H31F3N4OS. The van der Waals surface area contributed by atoms with E-state index in [1.165, 1.54) is 17.7 Å². The normalized spacial score (nSPS) is 27.0. The number of carbonyl (C=O) groups excluding carboxylic acids is 1. The average Bonchev–Trinajstić information content (AvgIpc) is 3.28. The van der Waals surface area contributed by atoms with Gasteiger partial charge in [-0.1, -0.05) is 12.8 Å². The fraction of sp³-hybridized carbons (Fsp3) is 0.944. The first-order chi connectivity index (χ1) is 12.9. The van der Waals surface area contributed by atoms with E-state index in [1.54, 1.807) is 0 Å². The molecule has 1 unspecified atom stereocenters. The number of alkyl halides is 3. The smallest absolute Gasteiger partial charge is 0.338 e. The molecule has 2 N–H and O–H groups in total. The minimum atomic E-state index is -4.15. The molecule has 2 amide bonds. The van der Waals surface area contributed by atoms with Crippen LogP contribution in [0.25, 0.3) is 0 Å². The van der Waals surface area contributed by atoms with Crippen molar-refractivity contribution in [2.75, 3.05) is 57.3 Å². The monoisotopic (exact) mass is 408 g/mol. The molecule has 1 aliphatic carbocycles. The molecule has 0 bridgehead atoms. The Morgan fingerprint density at radius 1 is 1.11 bits per heavy atom. The first-order valence-corrected chi connectivity index (χ1v) is 11.2. The molecule has 0 aromatic carbocycles. The molecule has 0 aromatic rings. The van der Waals surface area contributed by atoms with Crippen LogP contribution in [0.3, 0.4) is 0 Å². The van der Waals surface area contributed by atoms with Crippen molar-refractivity contribution in [1.29, 1.82) is 0 Å². The summed E-state index contributed by atoms with van der Waals surface area (Å²) in [5, 5.41) is 5.92. The van der Waals surface area contributed by atoms with Crippen molar-refractivity contribution in [2.24, 2.45) is 5.92 Å². The van der Waals surface area contributed by atoms with E-state index in [0.717, 1.165) is 37.4 Å². The summed E-state index contributed by atoms with van der Waals surface area (Å²) < 4.78 is 37.4. The van der Waals surface area contributed by atoms with Gasteiger partial charge in [0.15, 0.2) is 0 Å². The molecule has 5 nitrogen and oxygen atoms in total. The summed E-state index contributed by atoms with van der Waals surface area (Å²) in [5.41, 5.74) is 0.0924. The SMILES string of the molecule is O=C(NCC1CCN(CC(F)(F)F)C1)NCC1(N2CCSCC2)CCCC1. The predicted octanol–water partition coefficient (Wildman–Crippen LogP) is 2.53. The lowest BCUT2D eigenvalue weighted by Gasteiger charge is -2.43. The van der Waals surface area contributed by atoms with Gasteiger partial charge in [0.25, 0.3) is 0 Å². The number of nitrogens with one attached hydrogen (secondary N) is 2. The zero-order valence-corrected chi connectivity index (χ0v) is 16.6. The van der Waals surface area contributed by atoms with E-state index >= 15 is 0 Å². The van der Waals surface area contributed by atoms with Crippen molar-refractivity contribution in [3.05, 3.63) is 0 Å². The maximum Gasteiger partial charge on any atom is 0.401 e. The van der Waals surface area contributed by atoms with Crippen molar-refractivity contribution in [3.8, 4) is 0 Å². The van der Waals surface area contributed by atoms with Crippen LogP contribution in [0.4, 0.5) is 18.0 Å². The fourth-order valence-electron chi connectivity index (χ4n) is 4.70. The van der Waals surface area contributed by atoms with Crippen LogP contribution in [0.15, 0.2) is 0 Å². The molecule has 1 saturated carbocycles. The number of hydrogen-bond acceptors (Lipinski definition) is 4. The van der Waals surface area contributed by atoms with Crippen molar-refractivity contribution in [2.45, 2.75) is 43.8 Å². The second kappa shape index (κ2) is 9.22. The third-order valence-corrected chi connectivity index (χ3v) is 7.06. The van der Waals surface area contributed by atoms with Crippen molar-refractivity contribution >= 4 is 17.8 Å². The van der Waals surface area contributed by atoms with Gasteiger partial charge in [-0.15, -0.1) is 0 Å². The second-order valence-corrected chi connectivity index (χ2v) is 9.32. The minimum Gasteiger partial charge on any atom is -0.338 e. The van der Waals surface area contributed by atoms with Crippen LogP contribution in [0, 0.1) is 5.92 Å². The van der Waals surface area contributed by atoms with Crippen LogP contribution in [-0.4, -0.2) is 84.9 Å². The standard InChI is InChI=1S/C18H31F3N4OS/c19-18(20,21)14-24-6-3-15(12-24)11-22-16(26)23-13-17(4-1-2-5-17)25-7-9-27-10-8-25/h15H,1-14H2,(H2,22,23,26). The molecule has 1 atom stereocenters. The summed E-state index contributed by atoms with van der Waals surface area (Å²) in [6.07, 6.45) is 1.24. The third kappa shape index (κ3) is 6.15. The second-order valence-electron chi connectivity index (χ2n) is 8.10. The Hall–Kier alpha value is -0.670. The number of rotatable bonds is 6. The molecule has 2 heterocycles. The molecule has 0 spiro atoms. The Morgan fingerprint density at radius 3 is 2.48 bits per heavy atom. The van der Waals surface area contributed by atoms with Crippen molar-refractivity contribution in [3.63, 3.8) is 0 Å². The lowest BCUT2D eigenvalue weighted by atomic mass is 9.94. The van der Waals surface area contributed by atoms with Crippen LogP contribution >= 0.6 is 11.8 Å². The first-order valence-electron chi connectivity index (χ1n) is 10.00. The molecule has 0 aromatic heterocycles. The van der Waals surface area contributed by atoms with E-state index in [2.05, 4.69) is 15.5 Å². The zero-order valence-electron chi connectivity index (χ0n) is 15.8. The fourth-order valence-corrected chi connectivity index (χ4v) is 5.60. The molecule has 0 radical (unpaired) electrons. The number of hydrogen-bond donors (Lipinski definition) is 2. The van der Waals surface area contributed by atoms with Gasteiger partial charge in [-0.25, -0.2) is 4.79 Å². The number of carbonyl (C=O) groups is 1. The van der Waals surface area contributed by atoms with Gasteiger partial charge in [-0.05, 0) is 31.7 Å². The molecule has 2 aliphatic heterocycles. The highest BCUT2D eigenvalue weighted by atomic mass is 32.2. The number of halogens is 3. The maximum atomic E-state index is 12.5. The largest absolute Gasteiger partial charge is 0.401 e. The van der Waals surface area contributed by atoms with Crippen LogP contribution in [0.2, 0.25) is 0 Å². The quantitative estimate of drug-likeness (QED) is 0.709. The molecule has 3 aliphatic rings. The van der Waals surface area contributed by atoms with Gasteiger partial charge in [0.1, 0.15) is 0 Å². The summed E-state index contributed by atoms with van der Waals surface area (Å²) in [5.74, 6) is 2.41. The Bertz CT molecular complexity index is 493. The van der Waals surface area contributed by atoms with Crippen molar-refractivity contribution < 1.29 is 18.0 Å². The van der Waals surface area contributed by atoms with Gasteiger partial charge in [-0.2, -0.15) is 24.9 Å². The Labute approximate surface area is 163 Å². The van der Waals surface area contributed by atoms with Crippen LogP contribution in [0.5, 0.6) is 0 Å². The molecule has 9 heteroatoms. The van der Waals surface area contributed by atoms with Gasteiger partial charge >= 0.3 is 12.2 Å². The van der Waals surface area contributed by atoms with Crippen LogP contribution in [0.1, 0.15) is 32.1 Å². The zero-order chi connectivity index (χ0) is 19.3. The Kier molecular flexibility index (Phi) is 7.19. The maximum absolute atomic E-state index is 12.5. The van der Waals surface area contributed by atoms with Crippen molar-refractivity contribution in [1.82, 2.24) is 20.4 Å².